The third-order valence-electron chi connectivity index (χ3n) is 5.55. The molecule has 0 spiro atoms. The number of anilines is 1. The molecular weight excluding hydrogens is 358 g/mol. The summed E-state index contributed by atoms with van der Waals surface area (Å²) in [5.41, 5.74) is 1.49. The highest BCUT2D eigenvalue weighted by Crippen LogP contribution is 2.40. The van der Waals surface area contributed by atoms with Crippen LogP contribution in [0.3, 0.4) is 0 Å². The average molecular weight is 388 g/mol. The van der Waals surface area contributed by atoms with Crippen LogP contribution in [0.5, 0.6) is 0 Å². The molecule has 1 aliphatic carbocycles. The molecule has 2 aromatic rings. The van der Waals surface area contributed by atoms with Gasteiger partial charge >= 0.3 is 6.03 Å². The van der Waals surface area contributed by atoms with Crippen molar-refractivity contribution in [2.75, 3.05) is 45.2 Å². The molecule has 6 nitrogen and oxygen atoms in total. The zero-order chi connectivity index (χ0) is 19.0. The number of carbonyl (C=O) groups excluding carboxylic acids is 1. The van der Waals surface area contributed by atoms with Gasteiger partial charge in [-0.25, -0.2) is 14.8 Å². The normalized spacial score (nSPS) is 17.3. The van der Waals surface area contributed by atoms with Crippen LogP contribution in [0.15, 0.2) is 0 Å². The van der Waals surface area contributed by atoms with E-state index in [1.807, 2.05) is 30.3 Å². The molecule has 7 heteroatoms. The Balaban J connectivity index is 1.68. The minimum Gasteiger partial charge on any atom is -0.352 e. The van der Waals surface area contributed by atoms with Crippen molar-refractivity contribution in [1.29, 1.82) is 0 Å². The maximum Gasteiger partial charge on any atom is 0.319 e. The summed E-state index contributed by atoms with van der Waals surface area (Å²) < 4.78 is 0. The molecule has 0 atom stereocenters. The summed E-state index contributed by atoms with van der Waals surface area (Å²) >= 11 is 1.88. The van der Waals surface area contributed by atoms with Gasteiger partial charge in [-0.1, -0.05) is 6.92 Å². The SMILES string of the molecule is CCCc1nc(N2CCN(C(=O)N(C)C)CC2)c2c3c(sc2n1)CCCC3. The lowest BCUT2D eigenvalue weighted by atomic mass is 9.97. The predicted molar refractivity (Wildman–Crippen MR) is 111 cm³/mol. The van der Waals surface area contributed by atoms with Crippen molar-refractivity contribution in [2.45, 2.75) is 45.4 Å². The van der Waals surface area contributed by atoms with Crippen molar-refractivity contribution in [3.05, 3.63) is 16.3 Å². The Morgan fingerprint density at radius 1 is 1.11 bits per heavy atom. The lowest BCUT2D eigenvalue weighted by molar-refractivity contribution is 0.168. The fraction of sp³-hybridized carbons (Fsp3) is 0.650. The van der Waals surface area contributed by atoms with Crippen LogP contribution in [0.25, 0.3) is 10.2 Å². The van der Waals surface area contributed by atoms with Gasteiger partial charge in [0.2, 0.25) is 0 Å². The van der Waals surface area contributed by atoms with E-state index >= 15 is 0 Å². The zero-order valence-electron chi connectivity index (χ0n) is 16.6. The van der Waals surface area contributed by atoms with Gasteiger partial charge in [-0.2, -0.15) is 0 Å². The molecule has 4 rings (SSSR count). The largest absolute Gasteiger partial charge is 0.352 e. The highest BCUT2D eigenvalue weighted by atomic mass is 32.1. The van der Waals surface area contributed by atoms with Crippen molar-refractivity contribution in [1.82, 2.24) is 19.8 Å². The first-order chi connectivity index (χ1) is 13.1. The highest BCUT2D eigenvalue weighted by Gasteiger charge is 2.27. The Kier molecular flexibility index (Phi) is 5.21. The lowest BCUT2D eigenvalue weighted by Crippen LogP contribution is -2.51. The minimum atomic E-state index is 0.0991. The fourth-order valence-electron chi connectivity index (χ4n) is 4.14. The quantitative estimate of drug-likeness (QED) is 0.811. The molecule has 0 radical (unpaired) electrons. The summed E-state index contributed by atoms with van der Waals surface area (Å²) in [7, 11) is 3.63. The molecule has 27 heavy (non-hydrogen) atoms. The van der Waals surface area contributed by atoms with Gasteiger partial charge in [0.15, 0.2) is 0 Å². The van der Waals surface area contributed by atoms with Crippen LogP contribution in [0.1, 0.15) is 42.5 Å². The Hall–Kier alpha value is -1.89. The number of nitrogens with zero attached hydrogens (tertiary/aromatic N) is 5. The van der Waals surface area contributed by atoms with E-state index in [0.717, 1.165) is 57.1 Å². The second kappa shape index (κ2) is 7.62. The van der Waals surface area contributed by atoms with E-state index in [1.165, 1.54) is 39.9 Å². The minimum absolute atomic E-state index is 0.0991. The van der Waals surface area contributed by atoms with Crippen LogP contribution in [-0.2, 0) is 19.3 Å². The van der Waals surface area contributed by atoms with Crippen molar-refractivity contribution >= 4 is 33.4 Å². The van der Waals surface area contributed by atoms with Crippen LogP contribution in [-0.4, -0.2) is 66.1 Å². The average Bonchev–Trinajstić information content (AvgIpc) is 3.05. The third-order valence-corrected chi connectivity index (χ3v) is 6.73. The molecule has 2 aliphatic rings. The molecule has 0 saturated carbocycles. The Morgan fingerprint density at radius 3 is 2.56 bits per heavy atom. The standard InChI is InChI=1S/C20H29N5OS/c1-4-7-16-21-18(24-10-12-25(13-11-24)20(26)23(2)3)17-14-8-5-6-9-15(14)27-19(17)22-16/h4-13H2,1-3H3. The van der Waals surface area contributed by atoms with Gasteiger partial charge in [-0.05, 0) is 37.7 Å². The van der Waals surface area contributed by atoms with Gasteiger partial charge in [-0.15, -0.1) is 11.3 Å². The van der Waals surface area contributed by atoms with Gasteiger partial charge in [0, 0.05) is 51.6 Å². The maximum absolute atomic E-state index is 12.3. The monoisotopic (exact) mass is 387 g/mol. The number of urea groups is 1. The van der Waals surface area contributed by atoms with Crippen LogP contribution < -0.4 is 4.90 Å². The summed E-state index contributed by atoms with van der Waals surface area (Å²) in [6, 6.07) is 0.0991. The number of aryl methyl sites for hydroxylation is 3. The lowest BCUT2D eigenvalue weighted by Gasteiger charge is -2.37. The van der Waals surface area contributed by atoms with Crippen molar-refractivity contribution in [2.24, 2.45) is 0 Å². The number of carbonyl (C=O) groups is 1. The number of aromatic nitrogens is 2. The van der Waals surface area contributed by atoms with E-state index in [4.69, 9.17) is 9.97 Å². The number of hydrogen-bond acceptors (Lipinski definition) is 5. The number of hydrogen-bond donors (Lipinski definition) is 0. The first-order valence-electron chi connectivity index (χ1n) is 10.1. The zero-order valence-corrected chi connectivity index (χ0v) is 17.4. The maximum atomic E-state index is 12.3. The number of thiophene rings is 1. The molecule has 0 unspecified atom stereocenters. The number of piperazine rings is 1. The van der Waals surface area contributed by atoms with E-state index < -0.39 is 0 Å². The molecule has 0 aromatic carbocycles. The van der Waals surface area contributed by atoms with Crippen molar-refractivity contribution in [3.8, 4) is 0 Å². The van der Waals surface area contributed by atoms with Gasteiger partial charge in [0.05, 0.1) is 5.39 Å². The summed E-state index contributed by atoms with van der Waals surface area (Å²) in [5, 5.41) is 1.29. The number of amides is 2. The topological polar surface area (TPSA) is 52.6 Å². The van der Waals surface area contributed by atoms with Gasteiger partial charge in [0.25, 0.3) is 0 Å². The summed E-state index contributed by atoms with van der Waals surface area (Å²) in [6.45, 7) is 5.35. The summed E-state index contributed by atoms with van der Waals surface area (Å²) in [4.78, 5) is 30.8. The van der Waals surface area contributed by atoms with E-state index in [2.05, 4.69) is 11.8 Å². The fourth-order valence-corrected chi connectivity index (χ4v) is 5.41. The first-order valence-corrected chi connectivity index (χ1v) is 10.9. The first kappa shape index (κ1) is 18.5. The molecule has 2 aromatic heterocycles. The van der Waals surface area contributed by atoms with Gasteiger partial charge in [-0.3, -0.25) is 0 Å². The Morgan fingerprint density at radius 2 is 1.85 bits per heavy atom. The molecule has 0 N–H and O–H groups in total. The molecule has 2 amide bonds. The second-order valence-electron chi connectivity index (χ2n) is 7.76. The van der Waals surface area contributed by atoms with E-state index in [-0.39, 0.29) is 6.03 Å². The molecule has 0 bridgehead atoms. The van der Waals surface area contributed by atoms with Crippen LogP contribution >= 0.6 is 11.3 Å². The van der Waals surface area contributed by atoms with Gasteiger partial charge in [0.1, 0.15) is 16.5 Å². The molecule has 1 saturated heterocycles. The number of rotatable bonds is 3. The van der Waals surface area contributed by atoms with E-state index in [9.17, 15) is 4.79 Å². The summed E-state index contributed by atoms with van der Waals surface area (Å²) in [5.74, 6) is 2.07. The molecule has 1 aliphatic heterocycles. The van der Waals surface area contributed by atoms with E-state index in [1.54, 1.807) is 4.90 Å². The third kappa shape index (κ3) is 3.49. The molecule has 146 valence electrons. The molecular formula is C20H29N5OS. The summed E-state index contributed by atoms with van der Waals surface area (Å²) in [6.07, 6.45) is 6.86. The predicted octanol–water partition coefficient (Wildman–Crippen LogP) is 3.33. The Labute approximate surface area is 165 Å². The number of fused-ring (bicyclic) bond motifs is 3. The van der Waals surface area contributed by atoms with Crippen LogP contribution in [0.4, 0.5) is 10.6 Å². The van der Waals surface area contributed by atoms with Crippen LogP contribution in [0.2, 0.25) is 0 Å². The highest BCUT2D eigenvalue weighted by molar-refractivity contribution is 7.19. The molecule has 1 fully saturated rings. The molecule has 3 heterocycles. The Bertz CT molecular complexity index is 838. The van der Waals surface area contributed by atoms with Crippen molar-refractivity contribution < 1.29 is 4.79 Å². The smallest absolute Gasteiger partial charge is 0.319 e. The van der Waals surface area contributed by atoms with Crippen molar-refractivity contribution in [3.63, 3.8) is 0 Å². The van der Waals surface area contributed by atoms with Crippen LogP contribution in [0, 0.1) is 0 Å². The van der Waals surface area contributed by atoms with Gasteiger partial charge < -0.3 is 14.7 Å². The van der Waals surface area contributed by atoms with E-state index in [0.29, 0.717) is 0 Å². The second-order valence-corrected chi connectivity index (χ2v) is 8.84.